The highest BCUT2D eigenvalue weighted by molar-refractivity contribution is 5.82. The van der Waals surface area contributed by atoms with E-state index < -0.39 is 11.9 Å². The molecule has 0 unspecified atom stereocenters. The van der Waals surface area contributed by atoms with Crippen molar-refractivity contribution in [3.05, 3.63) is 23.3 Å². The normalized spacial score (nSPS) is 29.7. The number of hydrogen-bond donors (Lipinski definition) is 0. The van der Waals surface area contributed by atoms with Gasteiger partial charge in [-0.1, -0.05) is 13.0 Å². The third-order valence-corrected chi connectivity index (χ3v) is 3.48. The maximum atomic E-state index is 11.4. The lowest BCUT2D eigenvalue weighted by molar-refractivity contribution is -0.118. The molecule has 2 bridgehead atoms. The van der Waals surface area contributed by atoms with Gasteiger partial charge in [-0.2, -0.15) is 0 Å². The van der Waals surface area contributed by atoms with Gasteiger partial charge in [-0.05, 0) is 26.3 Å². The highest BCUT2D eigenvalue weighted by Gasteiger charge is 2.49. The molecular weight excluding hydrogens is 232 g/mol. The Morgan fingerprint density at radius 3 is 2.56 bits per heavy atom. The lowest BCUT2D eigenvalue weighted by atomic mass is 9.85. The fraction of sp³-hybridized carbons (Fsp3) is 0.643. The van der Waals surface area contributed by atoms with Gasteiger partial charge in [0.25, 0.3) is 0 Å². The zero-order valence-corrected chi connectivity index (χ0v) is 11.1. The van der Waals surface area contributed by atoms with Crippen molar-refractivity contribution in [1.29, 1.82) is 0 Å². The van der Waals surface area contributed by atoms with Crippen molar-refractivity contribution in [3.8, 4) is 0 Å². The van der Waals surface area contributed by atoms with Gasteiger partial charge in [-0.15, -0.1) is 0 Å². The molecular formula is C14H20O4. The van der Waals surface area contributed by atoms with Crippen LogP contribution in [0.1, 0.15) is 27.2 Å². The summed E-state index contributed by atoms with van der Waals surface area (Å²) >= 11 is 0. The molecule has 0 saturated carbocycles. The molecule has 0 aliphatic carbocycles. The average molecular weight is 252 g/mol. The van der Waals surface area contributed by atoms with E-state index >= 15 is 0 Å². The van der Waals surface area contributed by atoms with Crippen LogP contribution < -0.4 is 0 Å². The van der Waals surface area contributed by atoms with Gasteiger partial charge in [0.1, 0.15) is 18.0 Å². The SMILES string of the molecule is CCOC(OCC)C1=C(C=O)[C@@]2(CC)C=C[C@@H]1O2. The molecule has 2 aliphatic rings. The minimum Gasteiger partial charge on any atom is -0.354 e. The molecule has 0 N–H and O–H groups in total. The molecule has 2 rings (SSSR count). The van der Waals surface area contributed by atoms with Gasteiger partial charge >= 0.3 is 0 Å². The first-order chi connectivity index (χ1) is 8.72. The predicted octanol–water partition coefficient (Wildman–Crippen LogP) is 2.00. The fourth-order valence-corrected chi connectivity index (χ4v) is 2.62. The Balaban J connectivity index is 2.35. The van der Waals surface area contributed by atoms with E-state index in [0.29, 0.717) is 18.8 Å². The van der Waals surface area contributed by atoms with E-state index in [-0.39, 0.29) is 6.10 Å². The summed E-state index contributed by atoms with van der Waals surface area (Å²) in [7, 11) is 0. The molecule has 100 valence electrons. The van der Waals surface area contributed by atoms with Crippen LogP contribution in [0, 0.1) is 0 Å². The van der Waals surface area contributed by atoms with Gasteiger partial charge < -0.3 is 14.2 Å². The smallest absolute Gasteiger partial charge is 0.183 e. The van der Waals surface area contributed by atoms with E-state index in [1.165, 1.54) is 0 Å². The second kappa shape index (κ2) is 5.34. The molecule has 0 aromatic heterocycles. The topological polar surface area (TPSA) is 44.8 Å². The van der Waals surface area contributed by atoms with Crippen molar-refractivity contribution >= 4 is 6.29 Å². The zero-order valence-electron chi connectivity index (χ0n) is 11.1. The monoisotopic (exact) mass is 252 g/mol. The molecule has 0 aromatic carbocycles. The first-order valence-electron chi connectivity index (χ1n) is 6.52. The van der Waals surface area contributed by atoms with Crippen molar-refractivity contribution in [1.82, 2.24) is 0 Å². The van der Waals surface area contributed by atoms with Gasteiger partial charge in [0, 0.05) is 24.4 Å². The number of ether oxygens (including phenoxy) is 3. The maximum Gasteiger partial charge on any atom is 0.183 e. The van der Waals surface area contributed by atoms with Gasteiger partial charge in [0.05, 0.1) is 0 Å². The minimum absolute atomic E-state index is 0.187. The summed E-state index contributed by atoms with van der Waals surface area (Å²) in [5.41, 5.74) is 0.941. The van der Waals surface area contributed by atoms with Crippen LogP contribution in [0.4, 0.5) is 0 Å². The van der Waals surface area contributed by atoms with Crippen LogP contribution in [0.3, 0.4) is 0 Å². The lowest BCUT2D eigenvalue weighted by Crippen LogP contribution is -2.29. The van der Waals surface area contributed by atoms with E-state index in [0.717, 1.165) is 18.3 Å². The third-order valence-electron chi connectivity index (χ3n) is 3.48. The van der Waals surface area contributed by atoms with Crippen LogP contribution in [0.15, 0.2) is 23.3 Å². The van der Waals surface area contributed by atoms with Gasteiger partial charge in [-0.25, -0.2) is 0 Å². The molecule has 2 atom stereocenters. The molecule has 4 heteroatoms. The van der Waals surface area contributed by atoms with Gasteiger partial charge in [0.2, 0.25) is 0 Å². The molecule has 4 nitrogen and oxygen atoms in total. The number of rotatable bonds is 7. The highest BCUT2D eigenvalue weighted by atomic mass is 16.7. The van der Waals surface area contributed by atoms with E-state index in [1.807, 2.05) is 32.9 Å². The number of hydrogen-bond acceptors (Lipinski definition) is 4. The summed E-state index contributed by atoms with van der Waals surface area (Å²) in [4.78, 5) is 11.4. The van der Waals surface area contributed by atoms with E-state index in [1.54, 1.807) is 0 Å². The van der Waals surface area contributed by atoms with Crippen molar-refractivity contribution < 1.29 is 19.0 Å². The Labute approximate surface area is 108 Å². The first-order valence-corrected chi connectivity index (χ1v) is 6.52. The quantitative estimate of drug-likeness (QED) is 0.395. The molecule has 0 spiro atoms. The predicted molar refractivity (Wildman–Crippen MR) is 67.2 cm³/mol. The van der Waals surface area contributed by atoms with Crippen molar-refractivity contribution in [2.75, 3.05) is 13.2 Å². The fourth-order valence-electron chi connectivity index (χ4n) is 2.62. The van der Waals surface area contributed by atoms with Gasteiger partial charge in [0.15, 0.2) is 6.29 Å². The molecule has 2 heterocycles. The lowest BCUT2D eigenvalue weighted by Gasteiger charge is -2.24. The standard InChI is InChI=1S/C14H20O4/c1-4-14-8-7-11(18-14)12(10(14)9-15)13(16-5-2)17-6-3/h7-9,11,13H,4-6H2,1-3H3/t11-,14+/m0/s1. The largest absolute Gasteiger partial charge is 0.354 e. The Morgan fingerprint density at radius 2 is 2.06 bits per heavy atom. The van der Waals surface area contributed by atoms with Crippen LogP contribution in [-0.4, -0.2) is 37.5 Å². The van der Waals surface area contributed by atoms with Crippen molar-refractivity contribution in [2.45, 2.75) is 45.2 Å². The summed E-state index contributed by atoms with van der Waals surface area (Å²) in [6.45, 7) is 6.90. The molecule has 2 aliphatic heterocycles. The van der Waals surface area contributed by atoms with E-state index in [4.69, 9.17) is 14.2 Å². The number of fused-ring (bicyclic) bond motifs is 2. The number of carbonyl (C=O) groups is 1. The number of carbonyl (C=O) groups excluding carboxylic acids is 1. The van der Waals surface area contributed by atoms with Gasteiger partial charge in [-0.3, -0.25) is 4.79 Å². The van der Waals surface area contributed by atoms with Crippen molar-refractivity contribution in [2.24, 2.45) is 0 Å². The minimum atomic E-state index is -0.561. The molecule has 0 fully saturated rings. The highest BCUT2D eigenvalue weighted by Crippen LogP contribution is 2.45. The molecule has 18 heavy (non-hydrogen) atoms. The first kappa shape index (κ1) is 13.5. The van der Waals surface area contributed by atoms with Crippen LogP contribution in [0.25, 0.3) is 0 Å². The number of aldehydes is 1. The second-order valence-electron chi connectivity index (χ2n) is 4.37. The molecule has 0 aromatic rings. The Bertz CT molecular complexity index is 379. The summed E-state index contributed by atoms with van der Waals surface area (Å²) in [6.07, 6.45) is 4.91. The maximum absolute atomic E-state index is 11.4. The molecule has 0 amide bonds. The zero-order chi connectivity index (χ0) is 13.2. The summed E-state index contributed by atoms with van der Waals surface area (Å²) in [5, 5.41) is 0. The second-order valence-corrected chi connectivity index (χ2v) is 4.37. The Hall–Kier alpha value is -0.970. The third kappa shape index (κ3) is 1.94. The molecule has 0 radical (unpaired) electrons. The summed E-state index contributed by atoms with van der Waals surface area (Å²) < 4.78 is 17.1. The van der Waals surface area contributed by atoms with Crippen LogP contribution in [0.2, 0.25) is 0 Å². The Kier molecular flexibility index (Phi) is 4.00. The van der Waals surface area contributed by atoms with E-state index in [9.17, 15) is 4.79 Å². The average Bonchev–Trinajstić information content (AvgIpc) is 2.94. The van der Waals surface area contributed by atoms with Crippen LogP contribution in [-0.2, 0) is 19.0 Å². The van der Waals surface area contributed by atoms with Crippen molar-refractivity contribution in [3.63, 3.8) is 0 Å². The van der Waals surface area contributed by atoms with Crippen LogP contribution >= 0.6 is 0 Å². The summed E-state index contributed by atoms with van der Waals surface area (Å²) in [5.74, 6) is 0. The van der Waals surface area contributed by atoms with E-state index in [2.05, 4.69) is 0 Å². The van der Waals surface area contributed by atoms with Crippen LogP contribution in [0.5, 0.6) is 0 Å². The Morgan fingerprint density at radius 1 is 1.39 bits per heavy atom. The summed E-state index contributed by atoms with van der Waals surface area (Å²) in [6, 6.07) is 0. The molecule has 0 saturated heterocycles.